The summed E-state index contributed by atoms with van der Waals surface area (Å²) >= 11 is 11.9. The number of carboxylic acids is 1. The largest absolute Gasteiger partial charge is 0.480 e. The van der Waals surface area contributed by atoms with E-state index in [4.69, 9.17) is 23.2 Å². The summed E-state index contributed by atoms with van der Waals surface area (Å²) in [6.07, 6.45) is 1.74. The van der Waals surface area contributed by atoms with Crippen molar-refractivity contribution in [3.8, 4) is 11.3 Å². The van der Waals surface area contributed by atoms with Crippen LogP contribution in [0, 0.1) is 0 Å². The number of hydrogen-bond acceptors (Lipinski definition) is 4. The first-order valence-electron chi connectivity index (χ1n) is 7.27. The molecule has 0 fully saturated rings. The molecule has 0 radical (unpaired) electrons. The molecule has 1 aromatic carbocycles. The van der Waals surface area contributed by atoms with E-state index in [0.29, 0.717) is 28.3 Å². The fourth-order valence-electron chi connectivity index (χ4n) is 2.80. The fourth-order valence-corrected chi connectivity index (χ4v) is 3.13. The number of aliphatic carboxylic acids is 1. The summed E-state index contributed by atoms with van der Waals surface area (Å²) in [7, 11) is 0. The highest BCUT2D eigenvalue weighted by atomic mass is 35.5. The molecule has 0 saturated heterocycles. The number of carboxylic acid groups (broad SMARTS) is 1. The van der Waals surface area contributed by atoms with E-state index in [9.17, 15) is 14.7 Å². The quantitative estimate of drug-likeness (QED) is 0.840. The lowest BCUT2D eigenvalue weighted by Gasteiger charge is -2.22. The molecule has 8 heteroatoms. The van der Waals surface area contributed by atoms with E-state index in [0.717, 1.165) is 5.56 Å². The lowest BCUT2D eigenvalue weighted by Crippen LogP contribution is -2.40. The third-order valence-corrected chi connectivity index (χ3v) is 4.44. The van der Waals surface area contributed by atoms with Gasteiger partial charge in [-0.05, 0) is 29.7 Å². The number of nitrogens with zero attached hydrogens (tertiary/aromatic N) is 3. The Morgan fingerprint density at radius 1 is 1.42 bits per heavy atom. The molecule has 1 aromatic heterocycles. The Bertz CT molecular complexity index is 841. The average Bonchev–Trinajstić information content (AvgIpc) is 2.87. The second kappa shape index (κ2) is 6.37. The van der Waals surface area contributed by atoms with Crippen molar-refractivity contribution in [2.45, 2.75) is 25.9 Å². The van der Waals surface area contributed by atoms with Crippen molar-refractivity contribution in [3.63, 3.8) is 0 Å². The molecule has 6 nitrogen and oxygen atoms in total. The smallest absolute Gasteiger partial charge is 0.326 e. The standard InChI is InChI=1S/C16H13Cl2N3O3/c1-2-12(15(23)24)21-7-9-4-3-8(5-10(9)14(21)22)13-11(17)6-19-16(18)20-13/h3-6,12H,2,7H2,1H3,(H,23,24). The van der Waals surface area contributed by atoms with E-state index >= 15 is 0 Å². The van der Waals surface area contributed by atoms with Gasteiger partial charge < -0.3 is 10.0 Å². The number of hydrogen-bond donors (Lipinski definition) is 1. The summed E-state index contributed by atoms with van der Waals surface area (Å²) in [6, 6.07) is 4.38. The van der Waals surface area contributed by atoms with Gasteiger partial charge in [-0.3, -0.25) is 4.79 Å². The summed E-state index contributed by atoms with van der Waals surface area (Å²) in [5.41, 5.74) is 2.29. The van der Waals surface area contributed by atoms with Gasteiger partial charge in [-0.25, -0.2) is 14.8 Å². The lowest BCUT2D eigenvalue weighted by molar-refractivity contribution is -0.142. The zero-order valence-corrected chi connectivity index (χ0v) is 14.2. The molecule has 0 spiro atoms. The third-order valence-electron chi connectivity index (χ3n) is 3.98. The molecule has 3 rings (SSSR count). The van der Waals surface area contributed by atoms with Crippen LogP contribution >= 0.6 is 23.2 Å². The average molecular weight is 366 g/mol. The Labute approximate surface area is 148 Å². The van der Waals surface area contributed by atoms with Gasteiger partial charge in [0.05, 0.1) is 16.9 Å². The van der Waals surface area contributed by atoms with Gasteiger partial charge in [0.25, 0.3) is 5.91 Å². The van der Waals surface area contributed by atoms with Gasteiger partial charge in [-0.1, -0.05) is 30.7 Å². The van der Waals surface area contributed by atoms with Crippen LogP contribution in [0.25, 0.3) is 11.3 Å². The minimum atomic E-state index is -1.01. The second-order valence-corrected chi connectivity index (χ2v) is 6.15. The number of fused-ring (bicyclic) bond motifs is 1. The predicted octanol–water partition coefficient (Wildman–Crippen LogP) is 3.27. The van der Waals surface area contributed by atoms with Crippen molar-refractivity contribution < 1.29 is 14.7 Å². The van der Waals surface area contributed by atoms with Gasteiger partial charge in [-0.15, -0.1) is 0 Å². The molecule has 1 aliphatic heterocycles. The summed E-state index contributed by atoms with van der Waals surface area (Å²) in [5, 5.41) is 9.66. The number of carbonyl (C=O) groups is 2. The van der Waals surface area contributed by atoms with E-state index in [1.54, 1.807) is 25.1 Å². The van der Waals surface area contributed by atoms with Crippen molar-refractivity contribution in [3.05, 3.63) is 45.8 Å². The number of amides is 1. The highest BCUT2D eigenvalue weighted by Crippen LogP contribution is 2.32. The summed E-state index contributed by atoms with van der Waals surface area (Å²) in [4.78, 5) is 33.2. The van der Waals surface area contributed by atoms with Crippen LogP contribution in [0.1, 0.15) is 29.3 Å². The number of benzene rings is 1. The number of halogens is 2. The van der Waals surface area contributed by atoms with Gasteiger partial charge in [0.15, 0.2) is 0 Å². The molecule has 124 valence electrons. The predicted molar refractivity (Wildman–Crippen MR) is 89.1 cm³/mol. The van der Waals surface area contributed by atoms with E-state index in [2.05, 4.69) is 9.97 Å². The van der Waals surface area contributed by atoms with Crippen LogP contribution < -0.4 is 0 Å². The molecular weight excluding hydrogens is 353 g/mol. The third kappa shape index (κ3) is 2.83. The van der Waals surface area contributed by atoms with Gasteiger partial charge >= 0.3 is 5.97 Å². The van der Waals surface area contributed by atoms with E-state index < -0.39 is 12.0 Å². The highest BCUT2D eigenvalue weighted by Gasteiger charge is 2.35. The van der Waals surface area contributed by atoms with Gasteiger partial charge in [-0.2, -0.15) is 0 Å². The van der Waals surface area contributed by atoms with Crippen LogP contribution in [0.4, 0.5) is 0 Å². The van der Waals surface area contributed by atoms with Crippen LogP contribution in [-0.2, 0) is 11.3 Å². The Balaban J connectivity index is 2.00. The van der Waals surface area contributed by atoms with Crippen molar-refractivity contribution in [1.29, 1.82) is 0 Å². The molecule has 1 N–H and O–H groups in total. The maximum atomic E-state index is 12.6. The molecule has 0 aliphatic carbocycles. The van der Waals surface area contributed by atoms with Crippen molar-refractivity contribution in [2.24, 2.45) is 0 Å². The lowest BCUT2D eigenvalue weighted by atomic mass is 10.0. The first kappa shape index (κ1) is 16.7. The summed E-state index contributed by atoms with van der Waals surface area (Å²) in [5.74, 6) is -1.32. The molecule has 1 unspecified atom stereocenters. The SMILES string of the molecule is CCC(C(=O)O)N1Cc2ccc(-c3nc(Cl)ncc3Cl)cc2C1=O. The minimum absolute atomic E-state index is 0.0553. The zero-order valence-electron chi connectivity index (χ0n) is 12.7. The van der Waals surface area contributed by atoms with Crippen LogP contribution in [0.15, 0.2) is 24.4 Å². The molecule has 0 bridgehead atoms. The minimum Gasteiger partial charge on any atom is -0.480 e. The Kier molecular flexibility index (Phi) is 4.43. The first-order chi connectivity index (χ1) is 11.4. The fraction of sp³-hybridized carbons (Fsp3) is 0.250. The van der Waals surface area contributed by atoms with Gasteiger partial charge in [0, 0.05) is 17.7 Å². The maximum absolute atomic E-state index is 12.6. The number of rotatable bonds is 4. The maximum Gasteiger partial charge on any atom is 0.326 e. The number of aromatic nitrogens is 2. The molecular formula is C16H13Cl2N3O3. The molecule has 1 amide bonds. The van der Waals surface area contributed by atoms with Crippen LogP contribution in [-0.4, -0.2) is 37.9 Å². The van der Waals surface area contributed by atoms with Crippen LogP contribution in [0.3, 0.4) is 0 Å². The summed E-state index contributed by atoms with van der Waals surface area (Å²) in [6.45, 7) is 2.01. The van der Waals surface area contributed by atoms with E-state index in [1.807, 2.05) is 0 Å². The van der Waals surface area contributed by atoms with E-state index in [1.165, 1.54) is 11.1 Å². The molecule has 0 saturated carbocycles. The van der Waals surface area contributed by atoms with E-state index in [-0.39, 0.29) is 17.7 Å². The number of carbonyl (C=O) groups excluding carboxylic acids is 1. The first-order valence-corrected chi connectivity index (χ1v) is 8.03. The van der Waals surface area contributed by atoms with Crippen LogP contribution in [0.2, 0.25) is 10.3 Å². The second-order valence-electron chi connectivity index (χ2n) is 5.40. The normalized spacial score (nSPS) is 14.6. The van der Waals surface area contributed by atoms with Gasteiger partial charge in [0.1, 0.15) is 6.04 Å². The van der Waals surface area contributed by atoms with Crippen molar-refractivity contribution in [1.82, 2.24) is 14.9 Å². The topological polar surface area (TPSA) is 83.4 Å². The zero-order chi connectivity index (χ0) is 17.4. The Morgan fingerprint density at radius 3 is 2.83 bits per heavy atom. The monoisotopic (exact) mass is 365 g/mol. The molecule has 1 aliphatic rings. The van der Waals surface area contributed by atoms with Crippen LogP contribution in [0.5, 0.6) is 0 Å². The molecule has 2 heterocycles. The molecule has 1 atom stereocenters. The highest BCUT2D eigenvalue weighted by molar-refractivity contribution is 6.33. The Hall–Kier alpha value is -2.18. The molecule has 24 heavy (non-hydrogen) atoms. The van der Waals surface area contributed by atoms with Gasteiger partial charge in [0.2, 0.25) is 5.28 Å². The molecule has 2 aromatic rings. The van der Waals surface area contributed by atoms with Crippen molar-refractivity contribution in [2.75, 3.05) is 0 Å². The van der Waals surface area contributed by atoms with Crippen molar-refractivity contribution >= 4 is 35.1 Å². The Morgan fingerprint density at radius 2 is 2.17 bits per heavy atom. The summed E-state index contributed by atoms with van der Waals surface area (Å²) < 4.78 is 0.